The molecule has 4 heteroatoms. The number of piperidine rings is 1. The molecule has 0 aromatic carbocycles. The van der Waals surface area contributed by atoms with Gasteiger partial charge in [0, 0.05) is 38.8 Å². The van der Waals surface area contributed by atoms with Gasteiger partial charge in [0.1, 0.15) is 0 Å². The Hall–Kier alpha value is -0.160. The first-order chi connectivity index (χ1) is 10.8. The zero-order valence-corrected chi connectivity index (χ0v) is 14.3. The third-order valence-corrected chi connectivity index (χ3v) is 5.66. The van der Waals surface area contributed by atoms with Crippen molar-refractivity contribution in [3.63, 3.8) is 0 Å². The van der Waals surface area contributed by atoms with Crippen LogP contribution >= 0.6 is 0 Å². The molecule has 128 valence electrons. The molecule has 2 saturated heterocycles. The van der Waals surface area contributed by atoms with Crippen molar-refractivity contribution in [2.24, 2.45) is 0 Å². The quantitative estimate of drug-likeness (QED) is 0.779. The first-order valence-corrected chi connectivity index (χ1v) is 9.51. The minimum absolute atomic E-state index is 0.523. The molecule has 0 amide bonds. The molecule has 1 aliphatic carbocycles. The summed E-state index contributed by atoms with van der Waals surface area (Å²) in [4.78, 5) is 5.22. The molecule has 0 radical (unpaired) electrons. The molecule has 3 rings (SSSR count). The van der Waals surface area contributed by atoms with Crippen molar-refractivity contribution < 1.29 is 9.47 Å². The third-order valence-electron chi connectivity index (χ3n) is 5.66. The van der Waals surface area contributed by atoms with E-state index in [-0.39, 0.29) is 0 Å². The summed E-state index contributed by atoms with van der Waals surface area (Å²) in [6.07, 6.45) is 10.3. The van der Waals surface area contributed by atoms with Crippen molar-refractivity contribution in [3.05, 3.63) is 0 Å². The molecule has 2 aliphatic heterocycles. The lowest BCUT2D eigenvalue weighted by atomic mass is 9.97. The summed E-state index contributed by atoms with van der Waals surface area (Å²) < 4.78 is 11.8. The molecule has 0 bridgehead atoms. The first kappa shape index (κ1) is 16.7. The highest BCUT2D eigenvalue weighted by Crippen LogP contribution is 2.25. The Labute approximate surface area is 136 Å². The van der Waals surface area contributed by atoms with Gasteiger partial charge in [-0.1, -0.05) is 19.3 Å². The predicted molar refractivity (Wildman–Crippen MR) is 89.3 cm³/mol. The van der Waals surface area contributed by atoms with E-state index in [1.807, 2.05) is 0 Å². The summed E-state index contributed by atoms with van der Waals surface area (Å²) in [6, 6.07) is 0.661. The van der Waals surface area contributed by atoms with E-state index in [9.17, 15) is 0 Å². The maximum Gasteiger partial charge on any atom is 0.0603 e. The summed E-state index contributed by atoms with van der Waals surface area (Å²) >= 11 is 0. The fourth-order valence-electron chi connectivity index (χ4n) is 4.20. The summed E-state index contributed by atoms with van der Waals surface area (Å²) in [7, 11) is 0. The topological polar surface area (TPSA) is 24.9 Å². The van der Waals surface area contributed by atoms with Crippen molar-refractivity contribution in [2.75, 3.05) is 45.9 Å². The molecule has 0 aromatic rings. The van der Waals surface area contributed by atoms with Crippen LogP contribution in [0.25, 0.3) is 0 Å². The molecule has 0 aromatic heterocycles. The van der Waals surface area contributed by atoms with E-state index >= 15 is 0 Å². The number of ether oxygens (including phenoxy) is 2. The normalized spacial score (nSPS) is 28.8. The van der Waals surface area contributed by atoms with Gasteiger partial charge in [-0.2, -0.15) is 0 Å². The fraction of sp³-hybridized carbons (Fsp3) is 1.00. The van der Waals surface area contributed by atoms with Crippen LogP contribution in [0.15, 0.2) is 0 Å². The molecular formula is C18H34N2O2. The van der Waals surface area contributed by atoms with Crippen LogP contribution in [0, 0.1) is 0 Å². The average molecular weight is 310 g/mol. The van der Waals surface area contributed by atoms with Crippen LogP contribution in [0.1, 0.15) is 51.9 Å². The lowest BCUT2D eigenvalue weighted by Gasteiger charge is -2.39. The largest absolute Gasteiger partial charge is 0.379 e. The number of morpholine rings is 1. The standard InChI is InChI=1S/C18H34N2O2/c1-16(15-19-11-13-21-14-12-19)20-9-7-18(8-10-20)22-17-5-3-2-4-6-17/h16-18H,2-15H2,1H3/t16-/m0/s1. The van der Waals surface area contributed by atoms with E-state index < -0.39 is 0 Å². The van der Waals surface area contributed by atoms with E-state index in [2.05, 4.69) is 16.7 Å². The SMILES string of the molecule is C[C@@H](CN1CCOCC1)N1CCC(OC2CCCCC2)CC1. The zero-order chi connectivity index (χ0) is 15.2. The van der Waals surface area contributed by atoms with Crippen molar-refractivity contribution in [1.29, 1.82) is 0 Å². The minimum Gasteiger partial charge on any atom is -0.379 e. The molecule has 22 heavy (non-hydrogen) atoms. The molecule has 1 saturated carbocycles. The fourth-order valence-corrected chi connectivity index (χ4v) is 4.20. The number of hydrogen-bond acceptors (Lipinski definition) is 4. The van der Waals surface area contributed by atoms with Gasteiger partial charge in [0.05, 0.1) is 25.4 Å². The molecule has 0 spiro atoms. The molecule has 4 nitrogen and oxygen atoms in total. The van der Waals surface area contributed by atoms with Crippen LogP contribution in [0.3, 0.4) is 0 Å². The van der Waals surface area contributed by atoms with Gasteiger partial charge in [0.25, 0.3) is 0 Å². The summed E-state index contributed by atoms with van der Waals surface area (Å²) in [5.41, 5.74) is 0. The number of rotatable bonds is 5. The second-order valence-corrected chi connectivity index (χ2v) is 7.39. The smallest absolute Gasteiger partial charge is 0.0603 e. The third kappa shape index (κ3) is 4.92. The summed E-state index contributed by atoms with van der Waals surface area (Å²) in [5.74, 6) is 0. The Bertz CT molecular complexity index is 306. The number of hydrogen-bond donors (Lipinski definition) is 0. The molecular weight excluding hydrogens is 276 g/mol. The van der Waals surface area contributed by atoms with Gasteiger partial charge >= 0.3 is 0 Å². The highest BCUT2D eigenvalue weighted by molar-refractivity contribution is 4.80. The maximum absolute atomic E-state index is 6.36. The molecule has 3 fully saturated rings. The number of likely N-dealkylation sites (tertiary alicyclic amines) is 1. The Balaban J connectivity index is 1.35. The molecule has 2 heterocycles. The van der Waals surface area contributed by atoms with E-state index in [0.29, 0.717) is 18.2 Å². The van der Waals surface area contributed by atoms with E-state index in [1.54, 1.807) is 0 Å². The Morgan fingerprint density at radius 3 is 2.23 bits per heavy atom. The first-order valence-electron chi connectivity index (χ1n) is 9.51. The van der Waals surface area contributed by atoms with Gasteiger partial charge in [-0.3, -0.25) is 9.80 Å². The van der Waals surface area contributed by atoms with Crippen LogP contribution < -0.4 is 0 Å². The highest BCUT2D eigenvalue weighted by Gasteiger charge is 2.27. The minimum atomic E-state index is 0.523. The molecule has 0 unspecified atom stereocenters. The van der Waals surface area contributed by atoms with E-state index in [4.69, 9.17) is 9.47 Å². The highest BCUT2D eigenvalue weighted by atomic mass is 16.5. The Kier molecular flexibility index (Phi) is 6.54. The molecule has 1 atom stereocenters. The van der Waals surface area contributed by atoms with E-state index in [0.717, 1.165) is 26.3 Å². The summed E-state index contributed by atoms with van der Waals surface area (Å²) in [6.45, 7) is 10.0. The monoisotopic (exact) mass is 310 g/mol. The van der Waals surface area contributed by atoms with E-state index in [1.165, 1.54) is 64.6 Å². The van der Waals surface area contributed by atoms with Crippen LogP contribution in [-0.4, -0.2) is 74.0 Å². The van der Waals surface area contributed by atoms with Gasteiger partial charge in [-0.15, -0.1) is 0 Å². The van der Waals surface area contributed by atoms with Crippen LogP contribution in [0.5, 0.6) is 0 Å². The predicted octanol–water partition coefficient (Wildman–Crippen LogP) is 2.52. The zero-order valence-electron chi connectivity index (χ0n) is 14.3. The van der Waals surface area contributed by atoms with Gasteiger partial charge in [-0.05, 0) is 32.6 Å². The lowest BCUT2D eigenvalue weighted by molar-refractivity contribution is -0.0618. The van der Waals surface area contributed by atoms with Crippen LogP contribution in [0.2, 0.25) is 0 Å². The molecule has 0 N–H and O–H groups in total. The Morgan fingerprint density at radius 2 is 1.55 bits per heavy atom. The van der Waals surface area contributed by atoms with Crippen molar-refractivity contribution >= 4 is 0 Å². The average Bonchev–Trinajstić information content (AvgIpc) is 2.57. The number of nitrogens with zero attached hydrogens (tertiary/aromatic N) is 2. The van der Waals surface area contributed by atoms with Gasteiger partial charge in [-0.25, -0.2) is 0 Å². The van der Waals surface area contributed by atoms with Gasteiger partial charge < -0.3 is 9.47 Å². The molecule has 3 aliphatic rings. The maximum atomic E-state index is 6.36. The summed E-state index contributed by atoms with van der Waals surface area (Å²) in [5, 5.41) is 0. The Morgan fingerprint density at radius 1 is 0.909 bits per heavy atom. The van der Waals surface area contributed by atoms with Gasteiger partial charge in [0.15, 0.2) is 0 Å². The second-order valence-electron chi connectivity index (χ2n) is 7.39. The van der Waals surface area contributed by atoms with Crippen molar-refractivity contribution in [2.45, 2.75) is 70.1 Å². The van der Waals surface area contributed by atoms with Crippen molar-refractivity contribution in [3.8, 4) is 0 Å². The second kappa shape index (κ2) is 8.62. The van der Waals surface area contributed by atoms with Crippen LogP contribution in [-0.2, 0) is 9.47 Å². The van der Waals surface area contributed by atoms with Gasteiger partial charge in [0.2, 0.25) is 0 Å². The van der Waals surface area contributed by atoms with Crippen molar-refractivity contribution in [1.82, 2.24) is 9.80 Å². The lowest BCUT2D eigenvalue weighted by Crippen LogP contribution is -2.49. The van der Waals surface area contributed by atoms with Crippen LogP contribution in [0.4, 0.5) is 0 Å².